The number of nitrogens with zero attached hydrogens (tertiary/aromatic N) is 3. The number of nitrogens with one attached hydrogen (secondary N) is 4. The fourth-order valence-electron chi connectivity index (χ4n) is 4.45. The molecule has 0 aliphatic carbocycles. The number of guanidine groups is 1. The third-order valence-corrected chi connectivity index (χ3v) is 6.69. The molecule has 0 aliphatic heterocycles. The Labute approximate surface area is 249 Å². The number of aromatic nitrogens is 2. The molecule has 42 heavy (non-hydrogen) atoms. The zero-order chi connectivity index (χ0) is 30.9. The summed E-state index contributed by atoms with van der Waals surface area (Å²) in [6.45, 7) is 13.7. The number of anilines is 1. The first-order valence-electron chi connectivity index (χ1n) is 14.5. The largest absolute Gasteiger partial charge is 0.444 e. The van der Waals surface area contributed by atoms with Crippen LogP contribution in [0.5, 0.6) is 0 Å². The second-order valence-corrected chi connectivity index (χ2v) is 11.4. The molecular formula is C32H45N7O3. The van der Waals surface area contributed by atoms with E-state index < -0.39 is 11.7 Å². The van der Waals surface area contributed by atoms with Crippen molar-refractivity contribution in [3.63, 3.8) is 0 Å². The number of pyridine rings is 1. The van der Waals surface area contributed by atoms with Crippen LogP contribution in [0.2, 0.25) is 0 Å². The lowest BCUT2D eigenvalue weighted by Crippen LogP contribution is -2.46. The van der Waals surface area contributed by atoms with Crippen molar-refractivity contribution in [2.24, 2.45) is 4.99 Å². The minimum absolute atomic E-state index is 0.0461. The van der Waals surface area contributed by atoms with Crippen molar-refractivity contribution in [3.8, 4) is 0 Å². The van der Waals surface area contributed by atoms with Crippen LogP contribution >= 0.6 is 0 Å². The van der Waals surface area contributed by atoms with Crippen LogP contribution in [0, 0.1) is 0 Å². The number of aliphatic imine (C=N–C) groups is 1. The van der Waals surface area contributed by atoms with E-state index in [4.69, 9.17) is 4.74 Å². The highest BCUT2D eigenvalue weighted by molar-refractivity contribution is 5.95. The van der Waals surface area contributed by atoms with Gasteiger partial charge < -0.3 is 20.7 Å². The number of rotatable bonds is 10. The first-order valence-corrected chi connectivity index (χ1v) is 14.5. The maximum Gasteiger partial charge on any atom is 0.412 e. The number of hydrogen-bond donors (Lipinski definition) is 4. The molecule has 0 aliphatic rings. The Bertz CT molecular complexity index is 1410. The van der Waals surface area contributed by atoms with E-state index in [9.17, 15) is 9.59 Å². The summed E-state index contributed by atoms with van der Waals surface area (Å²) in [4.78, 5) is 29.6. The third-order valence-electron chi connectivity index (χ3n) is 6.69. The van der Waals surface area contributed by atoms with E-state index in [2.05, 4.69) is 59.1 Å². The summed E-state index contributed by atoms with van der Waals surface area (Å²) < 4.78 is 7.14. The molecule has 0 radical (unpaired) electrons. The molecule has 4 N–H and O–H groups in total. The molecular weight excluding hydrogens is 530 g/mol. The highest BCUT2D eigenvalue weighted by Gasteiger charge is 2.20. The summed E-state index contributed by atoms with van der Waals surface area (Å²) in [6, 6.07) is 12.8. The molecule has 0 fully saturated rings. The van der Waals surface area contributed by atoms with E-state index in [1.807, 2.05) is 35.1 Å². The van der Waals surface area contributed by atoms with Gasteiger partial charge in [0, 0.05) is 42.1 Å². The molecule has 0 saturated heterocycles. The van der Waals surface area contributed by atoms with Gasteiger partial charge >= 0.3 is 6.09 Å². The molecule has 0 spiro atoms. The SMILES string of the molecule is CCC(CC(CC)NC(=NC)NC(=C(C)C)c1cnn2ccccc12)NC(=O)c1ccc(NC(=O)OC(C)(C)C)cc1. The van der Waals surface area contributed by atoms with Crippen LogP contribution in [-0.4, -0.2) is 52.3 Å². The Balaban J connectivity index is 1.62. The molecule has 10 heteroatoms. The molecule has 0 bridgehead atoms. The number of ether oxygens (including phenoxy) is 1. The number of carbonyl (C=O) groups is 2. The maximum absolute atomic E-state index is 13.0. The average Bonchev–Trinajstić information content (AvgIpc) is 3.37. The summed E-state index contributed by atoms with van der Waals surface area (Å²) in [6.07, 6.45) is 5.59. The van der Waals surface area contributed by atoms with E-state index in [1.165, 1.54) is 0 Å². The van der Waals surface area contributed by atoms with E-state index in [1.54, 1.807) is 52.1 Å². The minimum atomic E-state index is -0.590. The molecule has 3 rings (SSSR count). The van der Waals surface area contributed by atoms with Gasteiger partial charge in [-0.1, -0.05) is 25.5 Å². The van der Waals surface area contributed by atoms with Crippen molar-refractivity contribution in [2.75, 3.05) is 12.4 Å². The molecule has 2 unspecified atom stereocenters. The van der Waals surface area contributed by atoms with Crippen LogP contribution in [0.15, 0.2) is 65.4 Å². The van der Waals surface area contributed by atoms with Crippen LogP contribution in [0.25, 0.3) is 11.2 Å². The maximum atomic E-state index is 13.0. The molecule has 10 nitrogen and oxygen atoms in total. The minimum Gasteiger partial charge on any atom is -0.444 e. The number of benzene rings is 1. The number of hydrogen-bond acceptors (Lipinski definition) is 5. The molecule has 2 heterocycles. The lowest BCUT2D eigenvalue weighted by molar-refractivity contribution is 0.0635. The van der Waals surface area contributed by atoms with Crippen LogP contribution in [0.1, 0.15) is 83.7 Å². The Morgan fingerprint density at radius 2 is 1.67 bits per heavy atom. The van der Waals surface area contributed by atoms with Crippen molar-refractivity contribution >= 4 is 34.9 Å². The molecule has 2 aromatic heterocycles. The highest BCUT2D eigenvalue weighted by Crippen LogP contribution is 2.21. The second-order valence-electron chi connectivity index (χ2n) is 11.4. The Kier molecular flexibility index (Phi) is 11.1. The van der Waals surface area contributed by atoms with Gasteiger partial charge in [-0.15, -0.1) is 0 Å². The number of carbonyl (C=O) groups excluding carboxylic acids is 2. The van der Waals surface area contributed by atoms with Gasteiger partial charge in [0.1, 0.15) is 5.60 Å². The van der Waals surface area contributed by atoms with Crippen LogP contribution in [0.4, 0.5) is 10.5 Å². The molecule has 1 aromatic carbocycles. The molecule has 2 amide bonds. The predicted octanol–water partition coefficient (Wildman–Crippen LogP) is 5.97. The van der Waals surface area contributed by atoms with E-state index >= 15 is 0 Å². The lowest BCUT2D eigenvalue weighted by Gasteiger charge is -2.26. The van der Waals surface area contributed by atoms with Gasteiger partial charge in [0.05, 0.1) is 17.4 Å². The first kappa shape index (κ1) is 32.2. The van der Waals surface area contributed by atoms with Crippen molar-refractivity contribution < 1.29 is 14.3 Å². The Hall–Kier alpha value is -4.34. The average molecular weight is 576 g/mol. The molecule has 3 aromatic rings. The third kappa shape index (κ3) is 9.09. The fraction of sp³-hybridized carbons (Fsp3) is 0.438. The van der Waals surface area contributed by atoms with E-state index in [0.29, 0.717) is 17.2 Å². The van der Waals surface area contributed by atoms with Gasteiger partial charge in [-0.25, -0.2) is 9.31 Å². The topological polar surface area (TPSA) is 121 Å². The van der Waals surface area contributed by atoms with Crippen LogP contribution in [0.3, 0.4) is 0 Å². The number of allylic oxidation sites excluding steroid dienone is 1. The van der Waals surface area contributed by atoms with Crippen molar-refractivity contribution in [1.82, 2.24) is 25.6 Å². The molecule has 2 atom stereocenters. The van der Waals surface area contributed by atoms with Gasteiger partial charge in [0.15, 0.2) is 5.96 Å². The summed E-state index contributed by atoms with van der Waals surface area (Å²) >= 11 is 0. The summed E-state index contributed by atoms with van der Waals surface area (Å²) in [5.41, 5.74) is 4.54. The van der Waals surface area contributed by atoms with Gasteiger partial charge in [-0.3, -0.25) is 15.1 Å². The zero-order valence-electron chi connectivity index (χ0n) is 26.0. The summed E-state index contributed by atoms with van der Waals surface area (Å²) in [5, 5.41) is 17.4. The predicted molar refractivity (Wildman–Crippen MR) is 170 cm³/mol. The number of amides is 2. The van der Waals surface area contributed by atoms with Gasteiger partial charge in [0.2, 0.25) is 0 Å². The number of fused-ring (bicyclic) bond motifs is 1. The zero-order valence-corrected chi connectivity index (χ0v) is 26.0. The molecule has 0 saturated carbocycles. The quantitative estimate of drug-likeness (QED) is 0.174. The fourth-order valence-corrected chi connectivity index (χ4v) is 4.45. The lowest BCUT2D eigenvalue weighted by atomic mass is 10.0. The van der Waals surface area contributed by atoms with Crippen molar-refractivity contribution in [2.45, 2.75) is 85.4 Å². The van der Waals surface area contributed by atoms with Crippen molar-refractivity contribution in [3.05, 3.63) is 71.6 Å². The van der Waals surface area contributed by atoms with E-state index in [-0.39, 0.29) is 18.0 Å². The van der Waals surface area contributed by atoms with E-state index in [0.717, 1.165) is 41.6 Å². The summed E-state index contributed by atoms with van der Waals surface area (Å²) in [5.74, 6) is 0.491. The van der Waals surface area contributed by atoms with Gasteiger partial charge in [-0.2, -0.15) is 5.10 Å². The first-order chi connectivity index (χ1) is 19.9. The van der Waals surface area contributed by atoms with Crippen molar-refractivity contribution in [1.29, 1.82) is 0 Å². The smallest absolute Gasteiger partial charge is 0.412 e. The Morgan fingerprint density at radius 1 is 1.00 bits per heavy atom. The standard InChI is InChI=1S/C32H45N7O3/c1-9-23(35-29(40)22-14-16-25(17-15-22)37-31(41)42-32(5,6)7)19-24(10-2)36-30(33-8)38-28(21(3)4)26-20-34-39-18-12-11-13-27(26)39/h11-18,20,23-24H,9-10,19H2,1-8H3,(H,35,40)(H,37,41)(H2,33,36,38). The second kappa shape index (κ2) is 14.5. The summed E-state index contributed by atoms with van der Waals surface area (Å²) in [7, 11) is 1.75. The molecule has 226 valence electrons. The van der Waals surface area contributed by atoms with Crippen LogP contribution < -0.4 is 21.3 Å². The van der Waals surface area contributed by atoms with Crippen LogP contribution in [-0.2, 0) is 4.74 Å². The van der Waals surface area contributed by atoms with Gasteiger partial charge in [-0.05, 0) is 90.3 Å². The monoisotopic (exact) mass is 575 g/mol. The van der Waals surface area contributed by atoms with Gasteiger partial charge in [0.25, 0.3) is 5.91 Å². The Morgan fingerprint density at radius 3 is 2.26 bits per heavy atom. The normalized spacial score (nSPS) is 13.2. The highest BCUT2D eigenvalue weighted by atomic mass is 16.6.